The Hall–Kier alpha value is -0.340. The second-order valence-electron chi connectivity index (χ2n) is 4.60. The van der Waals surface area contributed by atoms with Crippen molar-refractivity contribution >= 4 is 0 Å². The molecule has 0 aromatic heterocycles. The van der Waals surface area contributed by atoms with Crippen LogP contribution in [0.2, 0.25) is 0 Å². The van der Waals surface area contributed by atoms with Gasteiger partial charge in [0.05, 0.1) is 5.60 Å². The lowest BCUT2D eigenvalue weighted by Gasteiger charge is -2.53. The molecule has 1 saturated carbocycles. The molecule has 1 saturated heterocycles. The molecule has 2 heteroatoms. The molecule has 0 aromatic carbocycles. The van der Waals surface area contributed by atoms with Gasteiger partial charge < -0.3 is 10.4 Å². The Morgan fingerprint density at radius 1 is 1.54 bits per heavy atom. The molecule has 3 atom stereocenters. The highest BCUT2D eigenvalue weighted by Gasteiger charge is 2.59. The van der Waals surface area contributed by atoms with E-state index >= 15 is 0 Å². The SMILES string of the molecule is C/C=C1\C2CNCC2C1(O)C(C)C. The van der Waals surface area contributed by atoms with Gasteiger partial charge in [0.15, 0.2) is 0 Å². The molecule has 13 heavy (non-hydrogen) atoms. The smallest absolute Gasteiger partial charge is 0.0929 e. The normalized spacial score (nSPS) is 46.7. The molecule has 74 valence electrons. The van der Waals surface area contributed by atoms with Gasteiger partial charge in [0.1, 0.15) is 0 Å². The summed E-state index contributed by atoms with van der Waals surface area (Å²) in [4.78, 5) is 0. The predicted octanol–water partition coefficient (Wildman–Crippen LogP) is 1.17. The molecule has 1 heterocycles. The van der Waals surface area contributed by atoms with Gasteiger partial charge in [-0.15, -0.1) is 0 Å². The minimum absolute atomic E-state index is 0.333. The van der Waals surface area contributed by atoms with E-state index in [1.54, 1.807) is 0 Å². The fraction of sp³-hybridized carbons (Fsp3) is 0.818. The van der Waals surface area contributed by atoms with E-state index in [2.05, 4.69) is 25.2 Å². The van der Waals surface area contributed by atoms with Crippen molar-refractivity contribution in [3.8, 4) is 0 Å². The second kappa shape index (κ2) is 2.82. The second-order valence-corrected chi connectivity index (χ2v) is 4.60. The van der Waals surface area contributed by atoms with Crippen LogP contribution in [0.4, 0.5) is 0 Å². The molecule has 2 N–H and O–H groups in total. The molecule has 2 aliphatic rings. The van der Waals surface area contributed by atoms with Crippen molar-refractivity contribution in [1.29, 1.82) is 0 Å². The van der Waals surface area contributed by atoms with Crippen LogP contribution in [0.3, 0.4) is 0 Å². The summed E-state index contributed by atoms with van der Waals surface area (Å²) in [6.07, 6.45) is 2.11. The molecule has 0 bridgehead atoms. The molecular weight excluding hydrogens is 162 g/mol. The monoisotopic (exact) mass is 181 g/mol. The van der Waals surface area contributed by atoms with Crippen molar-refractivity contribution in [2.75, 3.05) is 13.1 Å². The summed E-state index contributed by atoms with van der Waals surface area (Å²) in [6, 6.07) is 0. The minimum Gasteiger partial charge on any atom is -0.385 e. The summed E-state index contributed by atoms with van der Waals surface area (Å²) in [7, 11) is 0. The first-order valence-electron chi connectivity index (χ1n) is 5.22. The fourth-order valence-electron chi connectivity index (χ4n) is 3.09. The molecule has 0 amide bonds. The first-order valence-corrected chi connectivity index (χ1v) is 5.22. The Kier molecular flexibility index (Phi) is 2.00. The summed E-state index contributed by atoms with van der Waals surface area (Å²) in [6.45, 7) is 8.30. The number of hydrogen-bond donors (Lipinski definition) is 2. The highest BCUT2D eigenvalue weighted by molar-refractivity contribution is 5.36. The van der Waals surface area contributed by atoms with E-state index in [0.29, 0.717) is 17.8 Å². The molecule has 1 aliphatic heterocycles. The van der Waals surface area contributed by atoms with Crippen LogP contribution in [-0.2, 0) is 0 Å². The maximum atomic E-state index is 10.5. The largest absolute Gasteiger partial charge is 0.385 e. The Morgan fingerprint density at radius 3 is 2.77 bits per heavy atom. The fourth-order valence-corrected chi connectivity index (χ4v) is 3.09. The van der Waals surface area contributed by atoms with Gasteiger partial charge in [-0.2, -0.15) is 0 Å². The van der Waals surface area contributed by atoms with E-state index in [-0.39, 0.29) is 0 Å². The Balaban J connectivity index is 2.29. The van der Waals surface area contributed by atoms with Crippen molar-refractivity contribution in [2.45, 2.75) is 26.4 Å². The Morgan fingerprint density at radius 2 is 2.23 bits per heavy atom. The third-order valence-electron chi connectivity index (χ3n) is 3.83. The third kappa shape index (κ3) is 0.960. The maximum absolute atomic E-state index is 10.5. The lowest BCUT2D eigenvalue weighted by molar-refractivity contribution is -0.0871. The van der Waals surface area contributed by atoms with E-state index in [0.717, 1.165) is 13.1 Å². The van der Waals surface area contributed by atoms with Crippen molar-refractivity contribution in [3.05, 3.63) is 11.6 Å². The minimum atomic E-state index is -0.511. The van der Waals surface area contributed by atoms with Crippen LogP contribution >= 0.6 is 0 Å². The number of rotatable bonds is 1. The zero-order valence-corrected chi connectivity index (χ0v) is 8.67. The van der Waals surface area contributed by atoms with Crippen molar-refractivity contribution in [3.63, 3.8) is 0 Å². The zero-order valence-electron chi connectivity index (χ0n) is 8.67. The maximum Gasteiger partial charge on any atom is 0.0929 e. The van der Waals surface area contributed by atoms with E-state index in [1.807, 2.05) is 6.92 Å². The molecule has 1 aliphatic carbocycles. The lowest BCUT2D eigenvalue weighted by Crippen LogP contribution is -2.59. The quantitative estimate of drug-likeness (QED) is 0.595. The summed E-state index contributed by atoms with van der Waals surface area (Å²) in [5, 5.41) is 13.9. The van der Waals surface area contributed by atoms with Gasteiger partial charge >= 0.3 is 0 Å². The Labute approximate surface area is 80.0 Å². The van der Waals surface area contributed by atoms with Crippen LogP contribution in [0, 0.1) is 17.8 Å². The van der Waals surface area contributed by atoms with E-state index < -0.39 is 5.60 Å². The average Bonchev–Trinajstić information content (AvgIpc) is 2.49. The summed E-state index contributed by atoms with van der Waals surface area (Å²) < 4.78 is 0. The van der Waals surface area contributed by atoms with Crippen molar-refractivity contribution < 1.29 is 5.11 Å². The highest BCUT2D eigenvalue weighted by atomic mass is 16.3. The van der Waals surface area contributed by atoms with Gasteiger partial charge in [0.2, 0.25) is 0 Å². The van der Waals surface area contributed by atoms with Crippen molar-refractivity contribution in [1.82, 2.24) is 5.32 Å². The summed E-state index contributed by atoms with van der Waals surface area (Å²) in [5.74, 6) is 1.40. The average molecular weight is 181 g/mol. The standard InChI is InChI=1S/C11H19NO/c1-4-9-8-5-12-6-10(8)11(9,13)7(2)3/h4,7-8,10,12-13H,5-6H2,1-3H3/b9-4+. The summed E-state index contributed by atoms with van der Waals surface area (Å²) in [5.41, 5.74) is 0.751. The lowest BCUT2D eigenvalue weighted by atomic mass is 9.55. The van der Waals surface area contributed by atoms with Crippen LogP contribution in [0.25, 0.3) is 0 Å². The van der Waals surface area contributed by atoms with Crippen LogP contribution in [-0.4, -0.2) is 23.8 Å². The van der Waals surface area contributed by atoms with Crippen LogP contribution in [0.1, 0.15) is 20.8 Å². The van der Waals surface area contributed by atoms with Crippen molar-refractivity contribution in [2.24, 2.45) is 17.8 Å². The van der Waals surface area contributed by atoms with Gasteiger partial charge in [-0.25, -0.2) is 0 Å². The molecule has 2 rings (SSSR count). The topological polar surface area (TPSA) is 32.3 Å². The molecule has 3 unspecified atom stereocenters. The molecule has 2 fully saturated rings. The molecule has 0 spiro atoms. The van der Waals surface area contributed by atoms with Crippen LogP contribution < -0.4 is 5.32 Å². The molecule has 0 aromatic rings. The van der Waals surface area contributed by atoms with Crippen LogP contribution in [0.5, 0.6) is 0 Å². The number of allylic oxidation sites excluding steroid dienone is 1. The van der Waals surface area contributed by atoms with Crippen LogP contribution in [0.15, 0.2) is 11.6 Å². The number of fused-ring (bicyclic) bond motifs is 1. The van der Waals surface area contributed by atoms with Gasteiger partial charge in [-0.3, -0.25) is 0 Å². The van der Waals surface area contributed by atoms with Gasteiger partial charge in [0.25, 0.3) is 0 Å². The van der Waals surface area contributed by atoms with E-state index in [9.17, 15) is 5.11 Å². The Bertz CT molecular complexity index is 246. The first kappa shape index (κ1) is 9.22. The zero-order chi connectivity index (χ0) is 9.64. The first-order chi connectivity index (χ1) is 6.12. The molecule has 2 nitrogen and oxygen atoms in total. The van der Waals surface area contributed by atoms with Gasteiger partial charge in [-0.05, 0) is 18.4 Å². The number of hydrogen-bond acceptors (Lipinski definition) is 2. The molecule has 0 radical (unpaired) electrons. The van der Waals surface area contributed by atoms with E-state index in [1.165, 1.54) is 5.57 Å². The van der Waals surface area contributed by atoms with Gasteiger partial charge in [-0.1, -0.05) is 19.9 Å². The van der Waals surface area contributed by atoms with Gasteiger partial charge in [0, 0.05) is 24.9 Å². The highest BCUT2D eigenvalue weighted by Crippen LogP contribution is 2.54. The summed E-state index contributed by atoms with van der Waals surface area (Å²) >= 11 is 0. The predicted molar refractivity (Wildman–Crippen MR) is 53.4 cm³/mol. The van der Waals surface area contributed by atoms with E-state index in [4.69, 9.17) is 0 Å². The molecular formula is C11H19NO. The third-order valence-corrected chi connectivity index (χ3v) is 3.83. The number of aliphatic hydroxyl groups is 1. The number of nitrogens with one attached hydrogen (secondary N) is 1.